The van der Waals surface area contributed by atoms with Crippen LogP contribution in [0.15, 0.2) is 253 Å². The summed E-state index contributed by atoms with van der Waals surface area (Å²) in [5, 5.41) is 4.79. The second kappa shape index (κ2) is 15.0. The molecule has 15 rings (SSSR count). The van der Waals surface area contributed by atoms with Crippen LogP contribution in [-0.4, -0.2) is 4.57 Å². The molecule has 0 bridgehead atoms. The molecule has 1 spiro atoms. The number of fused-ring (bicyclic) bond motifs is 15. The second-order valence-electron chi connectivity index (χ2n) is 19.0. The van der Waals surface area contributed by atoms with Gasteiger partial charge in [0.05, 0.1) is 16.4 Å². The Hall–Kier alpha value is -8.92. The third-order valence-electron chi connectivity index (χ3n) is 15.5. The average Bonchev–Trinajstić information content (AvgIpc) is 4.15. The summed E-state index contributed by atoms with van der Waals surface area (Å²) in [5.41, 5.74) is 23.6. The van der Waals surface area contributed by atoms with E-state index in [-0.39, 0.29) is 0 Å². The van der Waals surface area contributed by atoms with E-state index in [2.05, 4.69) is 252 Å². The number of hydrogen-bond donors (Lipinski definition) is 0. The Bertz CT molecular complexity index is 4100. The predicted octanol–water partition coefficient (Wildman–Crippen LogP) is 17.9. The number of anilines is 3. The number of furan rings is 1. The van der Waals surface area contributed by atoms with Gasteiger partial charge >= 0.3 is 0 Å². The Labute approximate surface area is 406 Å². The molecule has 2 aromatic heterocycles. The number of aromatic nitrogens is 1. The van der Waals surface area contributed by atoms with Crippen molar-refractivity contribution in [2.24, 2.45) is 0 Å². The number of allylic oxidation sites excluding steroid dienone is 4. The topological polar surface area (TPSA) is 21.3 Å². The molecule has 3 aliphatic rings. The summed E-state index contributed by atoms with van der Waals surface area (Å²) in [5.74, 6) is 0. The third kappa shape index (κ3) is 5.46. The van der Waals surface area contributed by atoms with Crippen LogP contribution in [0, 0.1) is 0 Å². The first-order valence-corrected chi connectivity index (χ1v) is 24.5. The van der Waals surface area contributed by atoms with Crippen LogP contribution in [0.4, 0.5) is 17.1 Å². The standard InChI is InChI=1S/C67H44N2O/c1-2-16-43(17-3-1)44-30-34-46(35-31-44)68(48-38-40-49(41-39-48)69-61-27-13-7-21-53(61)54-22-8-14-28-62(54)69)47-36-32-45(33-37-47)64-65-56(42-57-55-23-9-15-29-63(55)70-66(57)64)52-20-6-12-26-60(52)67(65)58-24-10-4-18-50(58)51-19-5-11-25-59(51)67/h1-4,6-18,20-42H,5,19H2. The molecule has 10 aromatic carbocycles. The molecule has 328 valence electrons. The van der Waals surface area contributed by atoms with Crippen LogP contribution in [0.5, 0.6) is 0 Å². The van der Waals surface area contributed by atoms with E-state index in [0.717, 1.165) is 68.7 Å². The number of para-hydroxylation sites is 3. The molecule has 1 unspecified atom stereocenters. The summed E-state index contributed by atoms with van der Waals surface area (Å²) in [7, 11) is 0. The maximum absolute atomic E-state index is 7.10. The number of hydrogen-bond acceptors (Lipinski definition) is 2. The summed E-state index contributed by atoms with van der Waals surface area (Å²) >= 11 is 0. The van der Waals surface area contributed by atoms with Crippen molar-refractivity contribution in [3.63, 3.8) is 0 Å². The van der Waals surface area contributed by atoms with Crippen molar-refractivity contribution in [3.05, 3.63) is 271 Å². The molecule has 70 heavy (non-hydrogen) atoms. The van der Waals surface area contributed by atoms with E-state index in [4.69, 9.17) is 4.42 Å². The van der Waals surface area contributed by atoms with Crippen LogP contribution in [0.25, 0.3) is 88.4 Å². The highest BCUT2D eigenvalue weighted by atomic mass is 16.3. The first kappa shape index (κ1) is 39.1. The maximum Gasteiger partial charge on any atom is 0.143 e. The zero-order valence-corrected chi connectivity index (χ0v) is 38.3. The van der Waals surface area contributed by atoms with Crippen molar-refractivity contribution in [1.29, 1.82) is 0 Å². The normalized spacial score (nSPS) is 15.5. The minimum absolute atomic E-state index is 0.499. The Kier molecular flexibility index (Phi) is 8.40. The summed E-state index contributed by atoms with van der Waals surface area (Å²) < 4.78 is 9.49. The predicted molar refractivity (Wildman–Crippen MR) is 291 cm³/mol. The molecular weight excluding hydrogens is 849 g/mol. The fraction of sp³-hybridized carbons (Fsp3) is 0.0448. The van der Waals surface area contributed by atoms with E-state index >= 15 is 0 Å². The molecule has 0 saturated carbocycles. The quantitative estimate of drug-likeness (QED) is 0.166. The van der Waals surface area contributed by atoms with Gasteiger partial charge < -0.3 is 13.9 Å². The molecule has 0 saturated heterocycles. The molecule has 0 amide bonds. The number of rotatable bonds is 6. The van der Waals surface area contributed by atoms with Gasteiger partial charge in [0.25, 0.3) is 0 Å². The van der Waals surface area contributed by atoms with Gasteiger partial charge in [-0.25, -0.2) is 0 Å². The van der Waals surface area contributed by atoms with Gasteiger partial charge in [0.15, 0.2) is 0 Å². The summed E-state index contributed by atoms with van der Waals surface area (Å²) in [4.78, 5) is 2.38. The summed E-state index contributed by atoms with van der Waals surface area (Å²) in [6, 6.07) is 84.6. The lowest BCUT2D eigenvalue weighted by molar-refractivity contribution is 0.668. The van der Waals surface area contributed by atoms with Crippen LogP contribution >= 0.6 is 0 Å². The second-order valence-corrected chi connectivity index (χ2v) is 19.0. The highest BCUT2D eigenvalue weighted by molar-refractivity contribution is 6.15. The molecule has 0 fully saturated rings. The Morgan fingerprint density at radius 3 is 1.69 bits per heavy atom. The summed E-state index contributed by atoms with van der Waals surface area (Å²) in [6.07, 6.45) is 6.90. The maximum atomic E-state index is 7.10. The number of benzene rings is 10. The van der Waals surface area contributed by atoms with Gasteiger partial charge in [-0.1, -0.05) is 170 Å². The zero-order valence-electron chi connectivity index (χ0n) is 38.3. The third-order valence-corrected chi connectivity index (χ3v) is 15.5. The van der Waals surface area contributed by atoms with Gasteiger partial charge in [-0.3, -0.25) is 0 Å². The minimum atomic E-state index is -0.499. The van der Waals surface area contributed by atoms with Gasteiger partial charge in [-0.2, -0.15) is 0 Å². The molecule has 2 heterocycles. The fourth-order valence-corrected chi connectivity index (χ4v) is 12.6. The summed E-state index contributed by atoms with van der Waals surface area (Å²) in [6.45, 7) is 0. The lowest BCUT2D eigenvalue weighted by Crippen LogP contribution is -2.28. The first-order valence-electron chi connectivity index (χ1n) is 24.5. The van der Waals surface area contributed by atoms with Crippen molar-refractivity contribution in [2.75, 3.05) is 4.90 Å². The monoisotopic (exact) mass is 892 g/mol. The van der Waals surface area contributed by atoms with Gasteiger partial charge in [0, 0.05) is 49.9 Å². The first-order chi connectivity index (χ1) is 34.7. The smallest absolute Gasteiger partial charge is 0.143 e. The molecule has 0 aliphatic heterocycles. The van der Waals surface area contributed by atoms with E-state index in [1.807, 2.05) is 0 Å². The van der Waals surface area contributed by atoms with Crippen molar-refractivity contribution in [2.45, 2.75) is 18.3 Å². The van der Waals surface area contributed by atoms with Crippen LogP contribution in [-0.2, 0) is 5.41 Å². The van der Waals surface area contributed by atoms with E-state index in [0.29, 0.717) is 0 Å². The van der Waals surface area contributed by atoms with E-state index in [9.17, 15) is 0 Å². The van der Waals surface area contributed by atoms with Gasteiger partial charge in [0.1, 0.15) is 11.2 Å². The van der Waals surface area contributed by atoms with Crippen molar-refractivity contribution < 1.29 is 4.42 Å². The van der Waals surface area contributed by atoms with Crippen LogP contribution < -0.4 is 4.90 Å². The molecule has 3 nitrogen and oxygen atoms in total. The molecule has 0 N–H and O–H groups in total. The molecule has 1 atom stereocenters. The molecule has 0 radical (unpaired) electrons. The SMILES string of the molecule is C1=CC2=C(CC1)c1ccccc1C21c2ccccc2-c2cc3c(oc4ccccc43)c(-c3ccc(N(c4ccc(-c5ccccc5)cc4)c4ccc(-n5c6ccccc6c6ccccc65)cc4)cc3)c21. The molecule has 3 aliphatic carbocycles. The average molecular weight is 893 g/mol. The Morgan fingerprint density at radius 2 is 0.986 bits per heavy atom. The number of nitrogens with zero attached hydrogens (tertiary/aromatic N) is 2. The minimum Gasteiger partial charge on any atom is -0.455 e. The van der Waals surface area contributed by atoms with Crippen LogP contribution in [0.3, 0.4) is 0 Å². The van der Waals surface area contributed by atoms with E-state index in [1.54, 1.807) is 0 Å². The zero-order chi connectivity index (χ0) is 45.9. The Balaban J connectivity index is 0.934. The molecular formula is C67H44N2O. The van der Waals surface area contributed by atoms with Crippen molar-refractivity contribution >= 4 is 66.4 Å². The lowest BCUT2D eigenvalue weighted by Gasteiger charge is -2.34. The van der Waals surface area contributed by atoms with Crippen molar-refractivity contribution in [1.82, 2.24) is 4.57 Å². The largest absolute Gasteiger partial charge is 0.455 e. The van der Waals surface area contributed by atoms with E-state index < -0.39 is 5.41 Å². The van der Waals surface area contributed by atoms with Crippen LogP contribution in [0.1, 0.15) is 35.1 Å². The van der Waals surface area contributed by atoms with Crippen LogP contribution in [0.2, 0.25) is 0 Å². The Morgan fingerprint density at radius 1 is 0.443 bits per heavy atom. The van der Waals surface area contributed by atoms with Gasteiger partial charge in [-0.05, 0) is 147 Å². The molecule has 12 aromatic rings. The van der Waals surface area contributed by atoms with Gasteiger partial charge in [0.2, 0.25) is 0 Å². The fourth-order valence-electron chi connectivity index (χ4n) is 12.6. The van der Waals surface area contributed by atoms with E-state index in [1.165, 1.54) is 77.5 Å². The highest BCUT2D eigenvalue weighted by Crippen LogP contribution is 2.66. The highest BCUT2D eigenvalue weighted by Gasteiger charge is 2.54. The molecule has 3 heteroatoms. The van der Waals surface area contributed by atoms with Gasteiger partial charge in [-0.15, -0.1) is 0 Å². The lowest BCUT2D eigenvalue weighted by atomic mass is 9.67. The van der Waals surface area contributed by atoms with Crippen molar-refractivity contribution in [3.8, 4) is 39.1 Å².